The molecule has 3 N–H and O–H groups in total. The lowest BCUT2D eigenvalue weighted by Crippen LogP contribution is -2.00. The lowest BCUT2D eigenvalue weighted by atomic mass is 10.1. The zero-order valence-electron chi connectivity index (χ0n) is 7.59. The molecule has 0 saturated carbocycles. The monoisotopic (exact) mass is 174 g/mol. The lowest BCUT2D eigenvalue weighted by Gasteiger charge is -2.01. The van der Waals surface area contributed by atoms with Crippen LogP contribution in [0.1, 0.15) is 12.0 Å². The fourth-order valence-electron chi connectivity index (χ4n) is 1.65. The smallest absolute Gasteiger partial charge is 0.0486 e. The zero-order valence-corrected chi connectivity index (χ0v) is 7.59. The van der Waals surface area contributed by atoms with Crippen molar-refractivity contribution in [1.82, 2.24) is 4.98 Å². The van der Waals surface area contributed by atoms with Crippen molar-refractivity contribution in [2.45, 2.75) is 12.8 Å². The fourth-order valence-corrected chi connectivity index (χ4v) is 1.65. The number of aryl methyl sites for hydroxylation is 1. The Hall–Kier alpha value is -1.28. The van der Waals surface area contributed by atoms with Crippen molar-refractivity contribution >= 4 is 10.9 Å². The summed E-state index contributed by atoms with van der Waals surface area (Å²) in [6, 6.07) is 8.48. The van der Waals surface area contributed by atoms with E-state index in [2.05, 4.69) is 29.2 Å². The fraction of sp³-hybridized carbons (Fsp3) is 0.273. The van der Waals surface area contributed by atoms with Gasteiger partial charge in [-0.3, -0.25) is 0 Å². The van der Waals surface area contributed by atoms with Crippen LogP contribution in [0.3, 0.4) is 0 Å². The molecule has 0 radical (unpaired) electrons. The largest absolute Gasteiger partial charge is 0.361 e. The predicted octanol–water partition coefficient (Wildman–Crippen LogP) is 2.06. The molecule has 0 amide bonds. The summed E-state index contributed by atoms with van der Waals surface area (Å²) >= 11 is 0. The van der Waals surface area contributed by atoms with E-state index < -0.39 is 0 Å². The highest BCUT2D eigenvalue weighted by Gasteiger charge is 1.99. The van der Waals surface area contributed by atoms with Crippen molar-refractivity contribution < 1.29 is 0 Å². The number of fused-ring (bicyclic) bond motifs is 1. The number of aromatic nitrogens is 1. The van der Waals surface area contributed by atoms with Crippen LogP contribution in [0.15, 0.2) is 30.5 Å². The first-order valence-electron chi connectivity index (χ1n) is 4.67. The molecule has 1 aromatic heterocycles. The molecule has 2 rings (SSSR count). The summed E-state index contributed by atoms with van der Waals surface area (Å²) in [5, 5.41) is 1.29. The van der Waals surface area contributed by atoms with Crippen LogP contribution in [-0.2, 0) is 6.42 Å². The van der Waals surface area contributed by atoms with Crippen LogP contribution in [0.25, 0.3) is 10.9 Å². The Balaban J connectivity index is 2.37. The van der Waals surface area contributed by atoms with Crippen LogP contribution < -0.4 is 5.73 Å². The predicted molar refractivity (Wildman–Crippen MR) is 55.7 cm³/mol. The summed E-state index contributed by atoms with van der Waals surface area (Å²) in [5.74, 6) is 0. The van der Waals surface area contributed by atoms with Gasteiger partial charge in [-0.15, -0.1) is 0 Å². The van der Waals surface area contributed by atoms with Gasteiger partial charge in [0, 0.05) is 11.7 Å². The summed E-state index contributed by atoms with van der Waals surface area (Å²) < 4.78 is 0. The third kappa shape index (κ3) is 1.58. The molecule has 0 aliphatic carbocycles. The van der Waals surface area contributed by atoms with Gasteiger partial charge in [0.15, 0.2) is 0 Å². The van der Waals surface area contributed by atoms with E-state index >= 15 is 0 Å². The van der Waals surface area contributed by atoms with Gasteiger partial charge in [0.25, 0.3) is 0 Å². The minimum atomic E-state index is 0.761. The number of aromatic amines is 1. The van der Waals surface area contributed by atoms with Crippen molar-refractivity contribution in [2.75, 3.05) is 6.54 Å². The van der Waals surface area contributed by atoms with Gasteiger partial charge in [0.05, 0.1) is 0 Å². The Morgan fingerprint density at radius 3 is 3.00 bits per heavy atom. The van der Waals surface area contributed by atoms with Crippen LogP contribution >= 0.6 is 0 Å². The molecule has 0 saturated heterocycles. The number of hydrogen-bond acceptors (Lipinski definition) is 1. The minimum absolute atomic E-state index is 0.761. The zero-order chi connectivity index (χ0) is 9.10. The van der Waals surface area contributed by atoms with Crippen LogP contribution in [0.4, 0.5) is 0 Å². The highest BCUT2D eigenvalue weighted by Crippen LogP contribution is 2.17. The molecule has 1 aromatic carbocycles. The summed E-state index contributed by atoms with van der Waals surface area (Å²) in [4.78, 5) is 3.26. The third-order valence-corrected chi connectivity index (χ3v) is 2.32. The number of hydrogen-bond donors (Lipinski definition) is 2. The molecule has 0 aliphatic heterocycles. The number of rotatable bonds is 3. The standard InChI is InChI=1S/C11H14N2/c12-7-2-5-9-3-1-4-10-6-8-13-11(9)10/h1,3-4,6,8,13H,2,5,7,12H2. The second kappa shape index (κ2) is 3.62. The Morgan fingerprint density at radius 2 is 2.15 bits per heavy atom. The molecule has 2 heteroatoms. The molecule has 0 bridgehead atoms. The Bertz CT molecular complexity index is 390. The van der Waals surface area contributed by atoms with E-state index in [9.17, 15) is 0 Å². The van der Waals surface area contributed by atoms with Crippen LogP contribution in [-0.4, -0.2) is 11.5 Å². The summed E-state index contributed by atoms with van der Waals surface area (Å²) in [6.07, 6.45) is 4.10. The maximum absolute atomic E-state index is 5.49. The van der Waals surface area contributed by atoms with Gasteiger partial charge in [-0.1, -0.05) is 18.2 Å². The summed E-state index contributed by atoms with van der Waals surface area (Å²) in [7, 11) is 0. The van der Waals surface area contributed by atoms with Crippen LogP contribution in [0.2, 0.25) is 0 Å². The van der Waals surface area contributed by atoms with E-state index in [0.717, 1.165) is 19.4 Å². The molecule has 2 nitrogen and oxygen atoms in total. The second-order valence-electron chi connectivity index (χ2n) is 3.25. The number of nitrogens with two attached hydrogens (primary N) is 1. The summed E-state index contributed by atoms with van der Waals surface area (Å²) in [6.45, 7) is 0.761. The molecular formula is C11H14N2. The van der Waals surface area contributed by atoms with E-state index in [1.54, 1.807) is 0 Å². The lowest BCUT2D eigenvalue weighted by molar-refractivity contribution is 0.836. The van der Waals surface area contributed by atoms with Gasteiger partial charge < -0.3 is 10.7 Å². The van der Waals surface area contributed by atoms with Gasteiger partial charge in [-0.25, -0.2) is 0 Å². The summed E-state index contributed by atoms with van der Waals surface area (Å²) in [5.41, 5.74) is 8.11. The quantitative estimate of drug-likeness (QED) is 0.734. The highest BCUT2D eigenvalue weighted by atomic mass is 14.7. The van der Waals surface area contributed by atoms with Gasteiger partial charge >= 0.3 is 0 Å². The average molecular weight is 174 g/mol. The Labute approximate surface area is 77.8 Å². The number of H-pyrrole nitrogens is 1. The third-order valence-electron chi connectivity index (χ3n) is 2.32. The second-order valence-corrected chi connectivity index (χ2v) is 3.25. The van der Waals surface area contributed by atoms with Gasteiger partial charge in [0.2, 0.25) is 0 Å². The van der Waals surface area contributed by atoms with Crippen LogP contribution in [0, 0.1) is 0 Å². The topological polar surface area (TPSA) is 41.8 Å². The van der Waals surface area contributed by atoms with Gasteiger partial charge in [-0.05, 0) is 36.4 Å². The van der Waals surface area contributed by atoms with E-state index in [1.165, 1.54) is 16.5 Å². The molecule has 0 unspecified atom stereocenters. The SMILES string of the molecule is NCCCc1cccc2cc[nH]c12. The number of benzene rings is 1. The van der Waals surface area contributed by atoms with Crippen molar-refractivity contribution in [3.8, 4) is 0 Å². The molecule has 68 valence electrons. The Morgan fingerprint density at radius 1 is 1.23 bits per heavy atom. The van der Waals surface area contributed by atoms with Crippen molar-refractivity contribution in [1.29, 1.82) is 0 Å². The first-order valence-corrected chi connectivity index (χ1v) is 4.67. The van der Waals surface area contributed by atoms with Crippen LogP contribution in [0.5, 0.6) is 0 Å². The molecule has 13 heavy (non-hydrogen) atoms. The van der Waals surface area contributed by atoms with Crippen molar-refractivity contribution in [3.05, 3.63) is 36.0 Å². The van der Waals surface area contributed by atoms with E-state index in [-0.39, 0.29) is 0 Å². The van der Waals surface area contributed by atoms with E-state index in [1.807, 2.05) is 6.20 Å². The highest BCUT2D eigenvalue weighted by molar-refractivity contribution is 5.82. The molecule has 0 spiro atoms. The molecule has 0 atom stereocenters. The van der Waals surface area contributed by atoms with Gasteiger partial charge in [0.1, 0.15) is 0 Å². The molecular weight excluding hydrogens is 160 g/mol. The van der Waals surface area contributed by atoms with Crippen molar-refractivity contribution in [2.24, 2.45) is 5.73 Å². The number of para-hydroxylation sites is 1. The first kappa shape index (κ1) is 8.32. The molecule has 2 aromatic rings. The van der Waals surface area contributed by atoms with E-state index in [4.69, 9.17) is 5.73 Å². The molecule has 0 fully saturated rings. The first-order chi connectivity index (χ1) is 6.42. The normalized spacial score (nSPS) is 10.8. The maximum atomic E-state index is 5.49. The molecule has 1 heterocycles. The van der Waals surface area contributed by atoms with E-state index in [0.29, 0.717) is 0 Å². The average Bonchev–Trinajstić information content (AvgIpc) is 2.62. The van der Waals surface area contributed by atoms with Crippen molar-refractivity contribution in [3.63, 3.8) is 0 Å². The Kier molecular flexibility index (Phi) is 2.32. The minimum Gasteiger partial charge on any atom is -0.361 e. The van der Waals surface area contributed by atoms with Gasteiger partial charge in [-0.2, -0.15) is 0 Å². The molecule has 0 aliphatic rings. The number of nitrogens with one attached hydrogen (secondary N) is 1. The maximum Gasteiger partial charge on any atom is 0.0486 e.